The Hall–Kier alpha value is -1.58. The van der Waals surface area contributed by atoms with Crippen LogP contribution in [0.15, 0.2) is 24.3 Å². The molecule has 0 aromatic heterocycles. The lowest BCUT2D eigenvalue weighted by Gasteiger charge is -2.18. The summed E-state index contributed by atoms with van der Waals surface area (Å²) >= 11 is 0. The summed E-state index contributed by atoms with van der Waals surface area (Å²) in [5, 5.41) is 2.91. The normalized spacial score (nSPS) is 15.1. The van der Waals surface area contributed by atoms with Gasteiger partial charge < -0.3 is 10.2 Å². The van der Waals surface area contributed by atoms with Crippen LogP contribution in [0.5, 0.6) is 0 Å². The third-order valence-electron chi connectivity index (χ3n) is 4.25. The van der Waals surface area contributed by atoms with Gasteiger partial charge in [0, 0.05) is 25.7 Å². The Balaban J connectivity index is 1.66. The molecule has 4 heteroatoms. The molecular weight excluding hydrogens is 267 g/mol. The van der Waals surface area contributed by atoms with E-state index in [0.29, 0.717) is 18.7 Å². The van der Waals surface area contributed by atoms with Crippen LogP contribution >= 0.6 is 0 Å². The lowest BCUT2D eigenvalue weighted by Crippen LogP contribution is -2.37. The standard InChI is InChI=1S/C17H25FN2O/c1-20(13-15-10-4-5-11-16(15)18)17(21)19-12-6-9-14-7-2-3-8-14/h4-5,10-11,14H,2-3,6-9,12-13H2,1H3,(H,19,21). The van der Waals surface area contributed by atoms with Gasteiger partial charge in [0.1, 0.15) is 5.82 Å². The number of benzene rings is 1. The molecule has 1 aromatic carbocycles. The van der Waals surface area contributed by atoms with Crippen molar-refractivity contribution in [1.82, 2.24) is 10.2 Å². The van der Waals surface area contributed by atoms with Crippen LogP contribution in [-0.4, -0.2) is 24.5 Å². The molecule has 1 aliphatic rings. The SMILES string of the molecule is CN(Cc1ccccc1F)C(=O)NCCCC1CCCC1. The van der Waals surface area contributed by atoms with Gasteiger partial charge in [-0.3, -0.25) is 0 Å². The summed E-state index contributed by atoms with van der Waals surface area (Å²) < 4.78 is 13.5. The van der Waals surface area contributed by atoms with E-state index in [0.717, 1.165) is 12.3 Å². The number of hydrogen-bond donors (Lipinski definition) is 1. The maximum atomic E-state index is 13.5. The molecule has 1 saturated carbocycles. The number of amides is 2. The van der Waals surface area contributed by atoms with Crippen molar-refractivity contribution < 1.29 is 9.18 Å². The molecule has 1 aromatic rings. The Kier molecular flexibility index (Phi) is 6.03. The van der Waals surface area contributed by atoms with Gasteiger partial charge in [0.25, 0.3) is 0 Å². The van der Waals surface area contributed by atoms with E-state index in [1.165, 1.54) is 43.1 Å². The molecule has 21 heavy (non-hydrogen) atoms. The number of carbonyl (C=O) groups excluding carboxylic acids is 1. The highest BCUT2D eigenvalue weighted by molar-refractivity contribution is 5.73. The largest absolute Gasteiger partial charge is 0.338 e. The molecule has 0 saturated heterocycles. The molecule has 116 valence electrons. The summed E-state index contributed by atoms with van der Waals surface area (Å²) in [6.07, 6.45) is 7.66. The van der Waals surface area contributed by atoms with Crippen LogP contribution < -0.4 is 5.32 Å². The second-order valence-electron chi connectivity index (χ2n) is 5.97. The average molecular weight is 292 g/mol. The number of carbonyl (C=O) groups is 1. The van der Waals surface area contributed by atoms with E-state index in [1.807, 2.05) is 0 Å². The van der Waals surface area contributed by atoms with Crippen LogP contribution in [0, 0.1) is 11.7 Å². The van der Waals surface area contributed by atoms with Gasteiger partial charge in [-0.15, -0.1) is 0 Å². The molecule has 0 spiro atoms. The predicted molar refractivity (Wildman–Crippen MR) is 82.5 cm³/mol. The number of rotatable bonds is 6. The predicted octanol–water partition coefficient (Wildman–Crippen LogP) is 3.94. The van der Waals surface area contributed by atoms with Gasteiger partial charge in [-0.05, 0) is 24.8 Å². The molecule has 2 rings (SSSR count). The average Bonchev–Trinajstić information content (AvgIpc) is 2.99. The maximum absolute atomic E-state index is 13.5. The maximum Gasteiger partial charge on any atom is 0.317 e. The minimum absolute atomic E-state index is 0.135. The van der Waals surface area contributed by atoms with Crippen molar-refractivity contribution in [3.05, 3.63) is 35.6 Å². The second kappa shape index (κ2) is 8.01. The number of halogens is 1. The van der Waals surface area contributed by atoms with Crippen LogP contribution in [0.4, 0.5) is 9.18 Å². The zero-order chi connectivity index (χ0) is 15.1. The molecule has 0 bridgehead atoms. The van der Waals surface area contributed by atoms with E-state index < -0.39 is 0 Å². The first-order chi connectivity index (χ1) is 10.2. The summed E-state index contributed by atoms with van der Waals surface area (Å²) in [5.74, 6) is 0.594. The summed E-state index contributed by atoms with van der Waals surface area (Å²) in [7, 11) is 1.69. The lowest BCUT2D eigenvalue weighted by molar-refractivity contribution is 0.206. The smallest absolute Gasteiger partial charge is 0.317 e. The van der Waals surface area contributed by atoms with Crippen molar-refractivity contribution >= 4 is 6.03 Å². The minimum Gasteiger partial charge on any atom is -0.338 e. The van der Waals surface area contributed by atoms with Crippen LogP contribution in [0.2, 0.25) is 0 Å². The van der Waals surface area contributed by atoms with E-state index in [1.54, 1.807) is 25.2 Å². The van der Waals surface area contributed by atoms with Crippen molar-refractivity contribution in [2.75, 3.05) is 13.6 Å². The van der Waals surface area contributed by atoms with Crippen LogP contribution in [0.25, 0.3) is 0 Å². The molecule has 1 aliphatic carbocycles. The molecule has 1 fully saturated rings. The zero-order valence-electron chi connectivity index (χ0n) is 12.8. The summed E-state index contributed by atoms with van der Waals surface area (Å²) in [4.78, 5) is 13.5. The van der Waals surface area contributed by atoms with Crippen molar-refractivity contribution in [3.8, 4) is 0 Å². The lowest BCUT2D eigenvalue weighted by atomic mass is 10.0. The highest BCUT2D eigenvalue weighted by Crippen LogP contribution is 2.28. The summed E-state index contributed by atoms with van der Waals surface area (Å²) in [5.41, 5.74) is 0.543. The molecule has 2 amide bonds. The van der Waals surface area contributed by atoms with Gasteiger partial charge >= 0.3 is 6.03 Å². The number of nitrogens with one attached hydrogen (secondary N) is 1. The molecule has 0 radical (unpaired) electrons. The highest BCUT2D eigenvalue weighted by Gasteiger charge is 2.15. The van der Waals surface area contributed by atoms with Crippen molar-refractivity contribution in [1.29, 1.82) is 0 Å². The Morgan fingerprint density at radius 3 is 2.76 bits per heavy atom. The number of hydrogen-bond acceptors (Lipinski definition) is 1. The monoisotopic (exact) mass is 292 g/mol. The molecule has 0 heterocycles. The fourth-order valence-corrected chi connectivity index (χ4v) is 2.97. The van der Waals surface area contributed by atoms with Crippen LogP contribution in [0.3, 0.4) is 0 Å². The van der Waals surface area contributed by atoms with Gasteiger partial charge in [0.05, 0.1) is 0 Å². The fraction of sp³-hybridized carbons (Fsp3) is 0.588. The summed E-state index contributed by atoms with van der Waals surface area (Å²) in [6, 6.07) is 6.43. The van der Waals surface area contributed by atoms with Gasteiger partial charge in [0.2, 0.25) is 0 Å². The molecule has 0 aliphatic heterocycles. The first kappa shape index (κ1) is 15.8. The topological polar surface area (TPSA) is 32.3 Å². The summed E-state index contributed by atoms with van der Waals surface area (Å²) in [6.45, 7) is 0.998. The van der Waals surface area contributed by atoms with Crippen molar-refractivity contribution in [3.63, 3.8) is 0 Å². The van der Waals surface area contributed by atoms with Gasteiger partial charge in [-0.2, -0.15) is 0 Å². The Morgan fingerprint density at radius 1 is 1.33 bits per heavy atom. The van der Waals surface area contributed by atoms with Crippen molar-refractivity contribution in [2.45, 2.75) is 45.1 Å². The third kappa shape index (κ3) is 5.03. The number of nitrogens with zero attached hydrogens (tertiary/aromatic N) is 1. The zero-order valence-corrected chi connectivity index (χ0v) is 12.8. The second-order valence-corrected chi connectivity index (χ2v) is 5.97. The molecule has 1 N–H and O–H groups in total. The van der Waals surface area contributed by atoms with Crippen LogP contribution in [-0.2, 0) is 6.54 Å². The van der Waals surface area contributed by atoms with E-state index >= 15 is 0 Å². The molecule has 0 unspecified atom stereocenters. The third-order valence-corrected chi connectivity index (χ3v) is 4.25. The first-order valence-corrected chi connectivity index (χ1v) is 7.89. The Morgan fingerprint density at radius 2 is 2.05 bits per heavy atom. The number of urea groups is 1. The Labute approximate surface area is 126 Å². The van der Waals surface area contributed by atoms with E-state index in [-0.39, 0.29) is 11.8 Å². The van der Waals surface area contributed by atoms with Crippen LogP contribution in [0.1, 0.15) is 44.1 Å². The first-order valence-electron chi connectivity index (χ1n) is 7.89. The van der Waals surface area contributed by atoms with Gasteiger partial charge in [0.15, 0.2) is 0 Å². The fourth-order valence-electron chi connectivity index (χ4n) is 2.97. The van der Waals surface area contributed by atoms with E-state index in [4.69, 9.17) is 0 Å². The van der Waals surface area contributed by atoms with E-state index in [9.17, 15) is 9.18 Å². The molecule has 0 atom stereocenters. The molecular formula is C17H25FN2O. The van der Waals surface area contributed by atoms with Gasteiger partial charge in [-0.25, -0.2) is 9.18 Å². The highest BCUT2D eigenvalue weighted by atomic mass is 19.1. The minimum atomic E-state index is -0.265. The quantitative estimate of drug-likeness (QED) is 0.791. The Bertz CT molecular complexity index is 458. The van der Waals surface area contributed by atoms with Gasteiger partial charge in [-0.1, -0.05) is 43.9 Å². The van der Waals surface area contributed by atoms with E-state index in [2.05, 4.69) is 5.32 Å². The van der Waals surface area contributed by atoms with Crippen molar-refractivity contribution in [2.24, 2.45) is 5.92 Å². The molecule has 3 nitrogen and oxygen atoms in total.